The quantitative estimate of drug-likeness (QED) is 0.309. The van der Waals surface area contributed by atoms with Gasteiger partial charge in [0.15, 0.2) is 11.5 Å². The molecule has 0 aliphatic carbocycles. The zero-order chi connectivity index (χ0) is 27.1. The van der Waals surface area contributed by atoms with Gasteiger partial charge in [-0.3, -0.25) is 4.72 Å². The summed E-state index contributed by atoms with van der Waals surface area (Å²) in [7, 11) is -1.29. The number of para-hydroxylation sites is 2. The molecule has 0 aliphatic heterocycles. The standard InChI is InChI=1S/C26H27N7O4S/c1-26(2,3)20-14-22-29-24(16-10-6-8-12-18(16)33(22)31-20)27-17-11-7-9-13-19(17)38(34,35)32-21-15-23(36-4)30-25(28-21)37-5/h6-15H,1-5H3,(H,27,29)(H,28,30,32). The number of benzene rings is 2. The molecule has 0 fully saturated rings. The minimum Gasteiger partial charge on any atom is -0.481 e. The van der Waals surface area contributed by atoms with Gasteiger partial charge in [-0.05, 0) is 24.3 Å². The highest BCUT2D eigenvalue weighted by Gasteiger charge is 2.23. The molecule has 0 saturated heterocycles. The van der Waals surface area contributed by atoms with Crippen molar-refractivity contribution in [2.75, 3.05) is 24.3 Å². The van der Waals surface area contributed by atoms with Gasteiger partial charge in [-0.15, -0.1) is 0 Å². The summed E-state index contributed by atoms with van der Waals surface area (Å²) in [6.07, 6.45) is 0. The Morgan fingerprint density at radius 2 is 1.63 bits per heavy atom. The lowest BCUT2D eigenvalue weighted by molar-refractivity contribution is 0.353. The smallest absolute Gasteiger partial charge is 0.321 e. The minimum atomic E-state index is -4.08. The lowest BCUT2D eigenvalue weighted by Gasteiger charge is -2.15. The number of hydrogen-bond donors (Lipinski definition) is 2. The molecular formula is C26H27N7O4S. The van der Waals surface area contributed by atoms with Crippen molar-refractivity contribution in [1.82, 2.24) is 24.6 Å². The van der Waals surface area contributed by atoms with Crippen LogP contribution in [0.25, 0.3) is 16.6 Å². The molecule has 0 atom stereocenters. The Labute approximate surface area is 219 Å². The summed E-state index contributed by atoms with van der Waals surface area (Å²) < 4.78 is 41.4. The van der Waals surface area contributed by atoms with Crippen molar-refractivity contribution < 1.29 is 17.9 Å². The van der Waals surface area contributed by atoms with Crippen molar-refractivity contribution in [3.05, 3.63) is 66.4 Å². The SMILES string of the molecule is COc1cc(NS(=O)(=O)c2ccccc2Nc2nc3cc(C(C)(C)C)nn3c3ccccc23)nc(OC)n1. The van der Waals surface area contributed by atoms with Gasteiger partial charge in [-0.2, -0.15) is 15.1 Å². The number of hydrogen-bond acceptors (Lipinski definition) is 9. The van der Waals surface area contributed by atoms with Gasteiger partial charge in [0.1, 0.15) is 10.7 Å². The summed E-state index contributed by atoms with van der Waals surface area (Å²) in [5.74, 6) is 0.657. The number of nitrogens with one attached hydrogen (secondary N) is 2. The molecule has 11 nitrogen and oxygen atoms in total. The molecule has 38 heavy (non-hydrogen) atoms. The van der Waals surface area contributed by atoms with Gasteiger partial charge in [0.2, 0.25) is 5.88 Å². The fourth-order valence-corrected chi connectivity index (χ4v) is 5.06. The van der Waals surface area contributed by atoms with E-state index in [4.69, 9.17) is 19.6 Å². The highest BCUT2D eigenvalue weighted by molar-refractivity contribution is 7.92. The number of anilines is 3. The van der Waals surface area contributed by atoms with Crippen LogP contribution >= 0.6 is 0 Å². The molecule has 3 aromatic heterocycles. The molecule has 2 aromatic carbocycles. The van der Waals surface area contributed by atoms with Crippen molar-refractivity contribution in [1.29, 1.82) is 0 Å². The zero-order valence-corrected chi connectivity index (χ0v) is 22.4. The van der Waals surface area contributed by atoms with Crippen LogP contribution < -0.4 is 19.5 Å². The largest absolute Gasteiger partial charge is 0.481 e. The highest BCUT2D eigenvalue weighted by Crippen LogP contribution is 2.32. The maximum absolute atomic E-state index is 13.5. The van der Waals surface area contributed by atoms with Crippen molar-refractivity contribution in [2.45, 2.75) is 31.1 Å². The third-order valence-electron chi connectivity index (χ3n) is 5.82. The molecule has 0 unspecified atom stereocenters. The number of fused-ring (bicyclic) bond motifs is 3. The van der Waals surface area contributed by atoms with Crippen molar-refractivity contribution >= 4 is 43.9 Å². The molecule has 5 rings (SSSR count). The van der Waals surface area contributed by atoms with Crippen LogP contribution in [0.3, 0.4) is 0 Å². The molecule has 2 N–H and O–H groups in total. The summed E-state index contributed by atoms with van der Waals surface area (Å²) in [6.45, 7) is 6.27. The van der Waals surface area contributed by atoms with Crippen LogP contribution in [0.2, 0.25) is 0 Å². The Bertz CT molecular complexity index is 1740. The van der Waals surface area contributed by atoms with Gasteiger partial charge in [-0.25, -0.2) is 17.9 Å². The summed E-state index contributed by atoms with van der Waals surface area (Å²) in [4.78, 5) is 12.9. The fraction of sp³-hybridized carbons (Fsp3) is 0.231. The molecule has 3 heterocycles. The molecule has 0 spiro atoms. The predicted octanol–water partition coefficient (Wildman–Crippen LogP) is 4.53. The first-order chi connectivity index (χ1) is 18.1. The maximum Gasteiger partial charge on any atom is 0.321 e. The third kappa shape index (κ3) is 4.77. The number of nitrogens with zero attached hydrogens (tertiary/aromatic N) is 5. The Balaban J connectivity index is 1.58. The molecule has 0 radical (unpaired) electrons. The minimum absolute atomic E-state index is 0.00228. The van der Waals surface area contributed by atoms with E-state index in [9.17, 15) is 8.42 Å². The Morgan fingerprint density at radius 3 is 2.37 bits per heavy atom. The first-order valence-electron chi connectivity index (χ1n) is 11.7. The van der Waals surface area contributed by atoms with Crippen LogP contribution in [0.5, 0.6) is 11.9 Å². The molecule has 0 bridgehead atoms. The molecule has 12 heteroatoms. The second kappa shape index (κ2) is 9.45. The first-order valence-corrected chi connectivity index (χ1v) is 13.2. The van der Waals surface area contributed by atoms with E-state index < -0.39 is 10.0 Å². The van der Waals surface area contributed by atoms with E-state index in [2.05, 4.69) is 40.8 Å². The summed E-state index contributed by atoms with van der Waals surface area (Å²) in [5.41, 5.74) is 2.56. The zero-order valence-electron chi connectivity index (χ0n) is 21.6. The average molecular weight is 534 g/mol. The van der Waals surface area contributed by atoms with Gasteiger partial charge in [-0.1, -0.05) is 45.0 Å². The van der Waals surface area contributed by atoms with E-state index in [1.54, 1.807) is 22.7 Å². The summed E-state index contributed by atoms with van der Waals surface area (Å²) in [6, 6.07) is 17.5. The van der Waals surface area contributed by atoms with Crippen molar-refractivity contribution in [2.24, 2.45) is 0 Å². The highest BCUT2D eigenvalue weighted by atomic mass is 32.2. The topological polar surface area (TPSA) is 133 Å². The van der Waals surface area contributed by atoms with Crippen LogP contribution in [0, 0.1) is 0 Å². The van der Waals surface area contributed by atoms with Gasteiger partial charge in [0.25, 0.3) is 10.0 Å². The molecule has 196 valence electrons. The van der Waals surface area contributed by atoms with E-state index in [1.807, 2.05) is 30.3 Å². The van der Waals surface area contributed by atoms with Gasteiger partial charge >= 0.3 is 6.01 Å². The van der Waals surface area contributed by atoms with E-state index in [1.165, 1.54) is 26.4 Å². The average Bonchev–Trinajstić information content (AvgIpc) is 3.34. The monoisotopic (exact) mass is 533 g/mol. The van der Waals surface area contributed by atoms with Crippen molar-refractivity contribution in [3.8, 4) is 11.9 Å². The van der Waals surface area contributed by atoms with Crippen LogP contribution in [0.15, 0.2) is 65.6 Å². The summed E-state index contributed by atoms with van der Waals surface area (Å²) in [5, 5.41) is 8.81. The lowest BCUT2D eigenvalue weighted by Crippen LogP contribution is -2.16. The van der Waals surface area contributed by atoms with Gasteiger partial charge < -0.3 is 14.8 Å². The van der Waals surface area contributed by atoms with E-state index >= 15 is 0 Å². The number of rotatable bonds is 7. The maximum atomic E-state index is 13.5. The van der Waals surface area contributed by atoms with E-state index in [0.717, 1.165) is 16.6 Å². The van der Waals surface area contributed by atoms with E-state index in [-0.39, 0.29) is 28.0 Å². The Morgan fingerprint density at radius 1 is 0.895 bits per heavy atom. The second-order valence-electron chi connectivity index (χ2n) is 9.54. The molecule has 0 saturated carbocycles. The molecular weight excluding hydrogens is 506 g/mol. The van der Waals surface area contributed by atoms with Crippen LogP contribution in [0.4, 0.5) is 17.3 Å². The van der Waals surface area contributed by atoms with Crippen LogP contribution in [-0.4, -0.2) is 47.2 Å². The number of sulfonamides is 1. The lowest BCUT2D eigenvalue weighted by atomic mass is 9.93. The third-order valence-corrected chi connectivity index (χ3v) is 7.23. The van der Waals surface area contributed by atoms with Crippen molar-refractivity contribution in [3.63, 3.8) is 0 Å². The fourth-order valence-electron chi connectivity index (χ4n) is 3.90. The second-order valence-corrected chi connectivity index (χ2v) is 11.2. The Kier molecular flexibility index (Phi) is 6.27. The Hall–Kier alpha value is -4.45. The number of ether oxygens (including phenoxy) is 2. The van der Waals surface area contributed by atoms with Crippen LogP contribution in [0.1, 0.15) is 26.5 Å². The number of aromatic nitrogens is 5. The number of methoxy groups -OCH3 is 2. The van der Waals surface area contributed by atoms with E-state index in [0.29, 0.717) is 17.2 Å². The molecule has 0 amide bonds. The molecule has 5 aromatic rings. The first kappa shape index (κ1) is 25.2. The summed E-state index contributed by atoms with van der Waals surface area (Å²) >= 11 is 0. The van der Waals surface area contributed by atoms with Gasteiger partial charge in [0, 0.05) is 22.9 Å². The predicted molar refractivity (Wildman–Crippen MR) is 145 cm³/mol. The van der Waals surface area contributed by atoms with Crippen LogP contribution in [-0.2, 0) is 15.4 Å². The molecule has 0 aliphatic rings. The normalized spacial score (nSPS) is 12.0. The van der Waals surface area contributed by atoms with Gasteiger partial charge in [0.05, 0.1) is 31.1 Å².